The lowest BCUT2D eigenvalue weighted by atomic mass is 10.2. The highest BCUT2D eigenvalue weighted by Crippen LogP contribution is 2.24. The molecule has 0 amide bonds. The van der Waals surface area contributed by atoms with Crippen LogP contribution in [0.5, 0.6) is 0 Å². The standard InChI is InChI=1S/C15H11Cl2FN2/c16-8-7-15-19-13-9-11(18)3-6-14(13)20(15)12-4-1-10(17)2-5-12/h1-6,9H,7-8H2. The number of rotatable bonds is 3. The van der Waals surface area contributed by atoms with Crippen molar-refractivity contribution in [2.45, 2.75) is 6.42 Å². The fraction of sp³-hybridized carbons (Fsp3) is 0.133. The summed E-state index contributed by atoms with van der Waals surface area (Å²) in [5, 5.41) is 0.670. The van der Waals surface area contributed by atoms with Gasteiger partial charge in [0.25, 0.3) is 0 Å². The average molecular weight is 309 g/mol. The lowest BCUT2D eigenvalue weighted by molar-refractivity contribution is 0.629. The molecule has 2 aromatic carbocycles. The molecule has 0 saturated heterocycles. The predicted octanol–water partition coefficient (Wildman–Crippen LogP) is 4.60. The third-order valence-corrected chi connectivity index (χ3v) is 3.53. The summed E-state index contributed by atoms with van der Waals surface area (Å²) in [5.41, 5.74) is 2.41. The zero-order valence-corrected chi connectivity index (χ0v) is 12.0. The molecule has 0 saturated carbocycles. The number of alkyl halides is 1. The van der Waals surface area contributed by atoms with E-state index in [1.807, 2.05) is 28.8 Å². The van der Waals surface area contributed by atoms with Crippen LogP contribution in [-0.4, -0.2) is 15.4 Å². The molecule has 0 atom stereocenters. The van der Waals surface area contributed by atoms with Crippen LogP contribution in [0.15, 0.2) is 42.5 Å². The van der Waals surface area contributed by atoms with Crippen molar-refractivity contribution in [3.05, 3.63) is 59.1 Å². The van der Waals surface area contributed by atoms with Gasteiger partial charge in [0.05, 0.1) is 11.0 Å². The van der Waals surface area contributed by atoms with Crippen molar-refractivity contribution in [2.75, 3.05) is 5.88 Å². The van der Waals surface area contributed by atoms with E-state index in [9.17, 15) is 4.39 Å². The van der Waals surface area contributed by atoms with E-state index in [0.717, 1.165) is 17.0 Å². The molecule has 0 spiro atoms. The molecule has 3 rings (SSSR count). The van der Waals surface area contributed by atoms with E-state index in [-0.39, 0.29) is 5.82 Å². The second kappa shape index (κ2) is 5.43. The summed E-state index contributed by atoms with van der Waals surface area (Å²) in [6, 6.07) is 12.0. The van der Waals surface area contributed by atoms with E-state index in [1.165, 1.54) is 12.1 Å². The van der Waals surface area contributed by atoms with Gasteiger partial charge in [-0.05, 0) is 36.4 Å². The largest absolute Gasteiger partial charge is 0.296 e. The van der Waals surface area contributed by atoms with Gasteiger partial charge in [-0.15, -0.1) is 11.6 Å². The molecule has 20 heavy (non-hydrogen) atoms. The van der Waals surface area contributed by atoms with Gasteiger partial charge in [0.2, 0.25) is 0 Å². The zero-order chi connectivity index (χ0) is 14.1. The van der Waals surface area contributed by atoms with Crippen LogP contribution < -0.4 is 0 Å². The second-order valence-corrected chi connectivity index (χ2v) is 5.23. The lowest BCUT2D eigenvalue weighted by Crippen LogP contribution is -2.02. The number of aryl methyl sites for hydroxylation is 1. The van der Waals surface area contributed by atoms with Crippen molar-refractivity contribution >= 4 is 34.2 Å². The van der Waals surface area contributed by atoms with Crippen molar-refractivity contribution in [1.29, 1.82) is 0 Å². The van der Waals surface area contributed by atoms with Crippen LogP contribution in [0.4, 0.5) is 4.39 Å². The highest BCUT2D eigenvalue weighted by atomic mass is 35.5. The van der Waals surface area contributed by atoms with Crippen molar-refractivity contribution in [1.82, 2.24) is 9.55 Å². The van der Waals surface area contributed by atoms with Crippen LogP contribution in [0.2, 0.25) is 5.02 Å². The Hall–Kier alpha value is -1.58. The molecule has 0 radical (unpaired) electrons. The van der Waals surface area contributed by atoms with Gasteiger partial charge >= 0.3 is 0 Å². The maximum Gasteiger partial charge on any atom is 0.125 e. The molecule has 3 aromatic rings. The molecule has 0 aliphatic heterocycles. The molecule has 0 N–H and O–H groups in total. The van der Waals surface area contributed by atoms with E-state index >= 15 is 0 Å². The van der Waals surface area contributed by atoms with E-state index in [2.05, 4.69) is 4.98 Å². The quantitative estimate of drug-likeness (QED) is 0.647. The van der Waals surface area contributed by atoms with Gasteiger partial charge in [-0.25, -0.2) is 9.37 Å². The molecule has 5 heteroatoms. The Bertz CT molecular complexity index is 750. The number of nitrogens with zero attached hydrogens (tertiary/aromatic N) is 2. The Kier molecular flexibility index (Phi) is 3.64. The van der Waals surface area contributed by atoms with E-state index in [1.54, 1.807) is 6.07 Å². The van der Waals surface area contributed by atoms with Gasteiger partial charge in [-0.2, -0.15) is 0 Å². The van der Waals surface area contributed by atoms with Crippen molar-refractivity contribution < 1.29 is 4.39 Å². The van der Waals surface area contributed by atoms with Crippen LogP contribution in [0.3, 0.4) is 0 Å². The third-order valence-electron chi connectivity index (χ3n) is 3.09. The number of hydrogen-bond acceptors (Lipinski definition) is 1. The van der Waals surface area contributed by atoms with Crippen LogP contribution in [0.25, 0.3) is 16.7 Å². The Morgan fingerprint density at radius 2 is 1.85 bits per heavy atom. The molecule has 1 aromatic heterocycles. The zero-order valence-electron chi connectivity index (χ0n) is 10.5. The van der Waals surface area contributed by atoms with Crippen molar-refractivity contribution in [3.8, 4) is 5.69 Å². The summed E-state index contributed by atoms with van der Waals surface area (Å²) in [4.78, 5) is 4.47. The van der Waals surface area contributed by atoms with Gasteiger partial charge in [-0.3, -0.25) is 4.57 Å². The molecule has 0 fully saturated rings. The first-order chi connectivity index (χ1) is 9.69. The number of fused-ring (bicyclic) bond motifs is 1. The fourth-order valence-corrected chi connectivity index (χ4v) is 2.53. The van der Waals surface area contributed by atoms with Crippen LogP contribution in [-0.2, 0) is 6.42 Å². The molecular formula is C15H11Cl2FN2. The first-order valence-electron chi connectivity index (χ1n) is 6.18. The van der Waals surface area contributed by atoms with Gasteiger partial charge in [-0.1, -0.05) is 11.6 Å². The Morgan fingerprint density at radius 1 is 1.10 bits per heavy atom. The van der Waals surface area contributed by atoms with E-state index in [0.29, 0.717) is 22.8 Å². The van der Waals surface area contributed by atoms with Crippen LogP contribution in [0.1, 0.15) is 5.82 Å². The first-order valence-corrected chi connectivity index (χ1v) is 7.09. The topological polar surface area (TPSA) is 17.8 Å². The smallest absolute Gasteiger partial charge is 0.125 e. The summed E-state index contributed by atoms with van der Waals surface area (Å²) in [6.45, 7) is 0. The van der Waals surface area contributed by atoms with Gasteiger partial charge < -0.3 is 0 Å². The molecule has 1 heterocycles. The Balaban J connectivity index is 2.25. The second-order valence-electron chi connectivity index (χ2n) is 4.41. The van der Waals surface area contributed by atoms with Gasteiger partial charge in [0.1, 0.15) is 11.6 Å². The SMILES string of the molecule is Fc1ccc2c(c1)nc(CCCl)n2-c1ccc(Cl)cc1. The van der Waals surface area contributed by atoms with E-state index < -0.39 is 0 Å². The number of benzene rings is 2. The maximum atomic E-state index is 13.3. The molecular weight excluding hydrogens is 298 g/mol. The highest BCUT2D eigenvalue weighted by Gasteiger charge is 2.12. The minimum absolute atomic E-state index is 0.296. The van der Waals surface area contributed by atoms with Crippen LogP contribution >= 0.6 is 23.2 Å². The predicted molar refractivity (Wildman–Crippen MR) is 80.5 cm³/mol. The number of imidazole rings is 1. The Morgan fingerprint density at radius 3 is 2.55 bits per heavy atom. The number of halogens is 3. The number of hydrogen-bond donors (Lipinski definition) is 0. The summed E-state index contributed by atoms with van der Waals surface area (Å²) in [5.74, 6) is 0.970. The Labute approximate surface area is 125 Å². The summed E-state index contributed by atoms with van der Waals surface area (Å²) >= 11 is 11.7. The average Bonchev–Trinajstić information content (AvgIpc) is 2.77. The highest BCUT2D eigenvalue weighted by molar-refractivity contribution is 6.30. The normalized spacial score (nSPS) is 11.2. The van der Waals surface area contributed by atoms with Crippen molar-refractivity contribution in [2.24, 2.45) is 0 Å². The van der Waals surface area contributed by atoms with E-state index in [4.69, 9.17) is 23.2 Å². The van der Waals surface area contributed by atoms with Crippen LogP contribution in [0, 0.1) is 5.82 Å². The summed E-state index contributed by atoms with van der Waals surface area (Å²) in [6.07, 6.45) is 0.612. The third kappa shape index (κ3) is 2.39. The lowest BCUT2D eigenvalue weighted by Gasteiger charge is -2.08. The number of aromatic nitrogens is 2. The molecule has 0 aliphatic carbocycles. The summed E-state index contributed by atoms with van der Waals surface area (Å²) in [7, 11) is 0. The fourth-order valence-electron chi connectivity index (χ4n) is 2.23. The first kappa shape index (κ1) is 13.4. The molecule has 102 valence electrons. The molecule has 0 bridgehead atoms. The minimum Gasteiger partial charge on any atom is -0.296 e. The van der Waals surface area contributed by atoms with Gasteiger partial charge in [0.15, 0.2) is 0 Å². The molecule has 0 aliphatic rings. The van der Waals surface area contributed by atoms with Gasteiger partial charge in [0, 0.05) is 29.1 Å². The minimum atomic E-state index is -0.296. The molecule has 0 unspecified atom stereocenters. The monoisotopic (exact) mass is 308 g/mol. The summed E-state index contributed by atoms with van der Waals surface area (Å²) < 4.78 is 15.3. The van der Waals surface area contributed by atoms with Crippen molar-refractivity contribution in [3.63, 3.8) is 0 Å². The molecule has 2 nitrogen and oxygen atoms in total. The maximum absolute atomic E-state index is 13.3.